The van der Waals surface area contributed by atoms with Crippen molar-refractivity contribution >= 4 is 0 Å². The van der Waals surface area contributed by atoms with Gasteiger partial charge in [-0.25, -0.2) is 0 Å². The molecule has 0 N–H and O–H groups in total. The smallest absolute Gasteiger partial charge is 0.199 e. The Kier molecular flexibility index (Phi) is 7.19. The molecule has 0 spiro atoms. The summed E-state index contributed by atoms with van der Waals surface area (Å²) >= 11 is 0. The zero-order valence-electron chi connectivity index (χ0n) is 13.8. The van der Waals surface area contributed by atoms with Gasteiger partial charge in [0.25, 0.3) is 0 Å². The van der Waals surface area contributed by atoms with Crippen LogP contribution in [0.3, 0.4) is 0 Å². The van der Waals surface area contributed by atoms with Crippen LogP contribution in [-0.4, -0.2) is 53.6 Å². The lowest BCUT2D eigenvalue weighted by atomic mass is 9.87. The van der Waals surface area contributed by atoms with Gasteiger partial charge in [0.2, 0.25) is 5.83 Å². The van der Waals surface area contributed by atoms with Crippen LogP contribution < -0.4 is 0 Å². The van der Waals surface area contributed by atoms with Crippen LogP contribution in [-0.2, 0) is 0 Å². The zero-order valence-corrected chi connectivity index (χ0v) is 13.8. The number of alkyl halides is 19. The predicted octanol–water partition coefficient (Wildman–Crippen LogP) is 7.71. The molecule has 0 rings (SSSR count). The molecule has 0 nitrogen and oxygen atoms in total. The molecule has 22 heteroatoms. The lowest BCUT2D eigenvalue weighted by molar-refractivity contribution is -0.467. The summed E-state index contributed by atoms with van der Waals surface area (Å²) in [5.41, 5.74) is 0. The molecule has 0 heterocycles. The molecule has 0 radical (unpaired) electrons. The normalized spacial score (nSPS) is 16.2. The Bertz CT molecular complexity index is 760. The molecule has 0 fully saturated rings. The Morgan fingerprint density at radius 3 is 0.727 bits per heavy atom. The van der Waals surface area contributed by atoms with Crippen LogP contribution in [0.2, 0.25) is 0 Å². The summed E-state index contributed by atoms with van der Waals surface area (Å²) in [6.07, 6.45) is -12.7. The summed E-state index contributed by atoms with van der Waals surface area (Å²) in [6.45, 7) is 0. The van der Waals surface area contributed by atoms with E-state index in [9.17, 15) is 96.6 Å². The van der Waals surface area contributed by atoms with Crippen LogP contribution in [0.4, 0.5) is 96.6 Å². The molecule has 0 saturated carbocycles. The van der Waals surface area contributed by atoms with Gasteiger partial charge in [0.15, 0.2) is 0 Å². The largest absolute Gasteiger partial charge is 0.460 e. The van der Waals surface area contributed by atoms with Crippen molar-refractivity contribution in [1.82, 2.24) is 0 Å². The fraction of sp³-hybridized carbons (Fsp3) is 0.818. The maximum absolute atomic E-state index is 13.2. The molecule has 0 bridgehead atoms. The van der Waals surface area contributed by atoms with Gasteiger partial charge in [-0.2, -0.15) is 96.6 Å². The minimum Gasteiger partial charge on any atom is -0.199 e. The van der Waals surface area contributed by atoms with Gasteiger partial charge in [0, 0.05) is 0 Å². The molecule has 0 aliphatic rings. The van der Waals surface area contributed by atoms with Crippen molar-refractivity contribution in [2.75, 3.05) is 0 Å². The van der Waals surface area contributed by atoms with Crippen molar-refractivity contribution in [1.29, 1.82) is 0 Å². The average Bonchev–Trinajstić information content (AvgIpc) is 2.58. The van der Waals surface area contributed by atoms with Gasteiger partial charge in [-0.05, 0) is 0 Å². The zero-order chi connectivity index (χ0) is 27.7. The van der Waals surface area contributed by atoms with E-state index in [0.717, 1.165) is 0 Å². The summed E-state index contributed by atoms with van der Waals surface area (Å²) in [4.78, 5) is 0. The highest BCUT2D eigenvalue weighted by molar-refractivity contribution is 5.21. The Morgan fingerprint density at radius 2 is 0.515 bits per heavy atom. The van der Waals surface area contributed by atoms with E-state index in [4.69, 9.17) is 0 Å². The number of rotatable bonds is 8. The molecular formula is C11F22. The van der Waals surface area contributed by atoms with Gasteiger partial charge >= 0.3 is 59.6 Å². The first-order chi connectivity index (χ1) is 13.9. The van der Waals surface area contributed by atoms with Crippen molar-refractivity contribution in [2.45, 2.75) is 53.6 Å². The van der Waals surface area contributed by atoms with Crippen molar-refractivity contribution in [3.63, 3.8) is 0 Å². The van der Waals surface area contributed by atoms with Crippen molar-refractivity contribution < 1.29 is 96.6 Å². The van der Waals surface area contributed by atoms with E-state index >= 15 is 0 Å². The molecule has 0 saturated heterocycles. The summed E-state index contributed by atoms with van der Waals surface area (Å²) in [5.74, 6) is -75.5. The third-order valence-electron chi connectivity index (χ3n) is 3.56. The fourth-order valence-corrected chi connectivity index (χ4v) is 1.62. The van der Waals surface area contributed by atoms with Crippen molar-refractivity contribution in [3.05, 3.63) is 11.9 Å². The first-order valence-electron chi connectivity index (χ1n) is 6.66. The van der Waals surface area contributed by atoms with Crippen LogP contribution in [0.25, 0.3) is 0 Å². The Balaban J connectivity index is 7.06. The van der Waals surface area contributed by atoms with E-state index in [-0.39, 0.29) is 0 Å². The molecule has 0 unspecified atom stereocenters. The van der Waals surface area contributed by atoms with Gasteiger partial charge < -0.3 is 0 Å². The highest BCUT2D eigenvalue weighted by Crippen LogP contribution is 2.65. The van der Waals surface area contributed by atoms with Crippen LogP contribution in [0.15, 0.2) is 11.9 Å². The topological polar surface area (TPSA) is 0 Å². The van der Waals surface area contributed by atoms with E-state index in [0.29, 0.717) is 0 Å². The molecule has 0 amide bonds. The van der Waals surface area contributed by atoms with Crippen LogP contribution in [0.1, 0.15) is 0 Å². The second kappa shape index (κ2) is 7.60. The summed E-state index contributed by atoms with van der Waals surface area (Å²) in [5, 5.41) is 0. The number of hydrogen-bond donors (Lipinski definition) is 0. The maximum atomic E-state index is 13.2. The van der Waals surface area contributed by atoms with Crippen LogP contribution in [0, 0.1) is 0 Å². The molecule has 0 aliphatic carbocycles. The second-order valence-corrected chi connectivity index (χ2v) is 5.67. The molecule has 0 aromatic carbocycles. The quantitative estimate of drug-likeness (QED) is 0.272. The molecule has 0 aromatic rings. The summed E-state index contributed by atoms with van der Waals surface area (Å²) < 4.78 is 279. The highest BCUT2D eigenvalue weighted by Gasteiger charge is 2.97. The standard InChI is InChI=1S/C11F22/c12-1(2(13)14)3(15,16)4(17,18)5(19,20)6(21,22)7(23,24)8(25,26)9(27,28)10(29,30)11(31,32)33. The lowest BCUT2D eigenvalue weighted by Crippen LogP contribution is -2.75. The molecule has 33 heavy (non-hydrogen) atoms. The maximum Gasteiger partial charge on any atom is 0.460 e. The van der Waals surface area contributed by atoms with E-state index in [1.54, 1.807) is 0 Å². The Morgan fingerprint density at radius 1 is 0.303 bits per heavy atom. The molecular weight excluding hydrogens is 550 g/mol. The minimum absolute atomic E-state index is 4.70. The molecule has 0 aromatic heterocycles. The third kappa shape index (κ3) is 3.73. The van der Waals surface area contributed by atoms with Gasteiger partial charge in [0.1, 0.15) is 0 Å². The second-order valence-electron chi connectivity index (χ2n) is 5.67. The van der Waals surface area contributed by atoms with Crippen LogP contribution in [0.5, 0.6) is 0 Å². The first kappa shape index (κ1) is 31.2. The van der Waals surface area contributed by atoms with E-state index in [1.165, 1.54) is 0 Å². The first-order valence-corrected chi connectivity index (χ1v) is 6.66. The van der Waals surface area contributed by atoms with E-state index < -0.39 is 65.5 Å². The molecule has 198 valence electrons. The molecule has 0 aliphatic heterocycles. The van der Waals surface area contributed by atoms with E-state index in [2.05, 4.69) is 0 Å². The number of allylic oxidation sites excluding steroid dienone is 1. The monoisotopic (exact) mass is 550 g/mol. The highest BCUT2D eigenvalue weighted by atomic mass is 19.4. The predicted molar refractivity (Wildman–Crippen MR) is 56.0 cm³/mol. The van der Waals surface area contributed by atoms with E-state index in [1.807, 2.05) is 0 Å². The lowest BCUT2D eigenvalue weighted by Gasteiger charge is -2.43. The number of hydrogen-bond acceptors (Lipinski definition) is 0. The number of halogens is 22. The Labute approximate surface area is 163 Å². The molecule has 0 atom stereocenters. The summed E-state index contributed by atoms with van der Waals surface area (Å²) in [7, 11) is 0. The van der Waals surface area contributed by atoms with Gasteiger partial charge in [-0.3, -0.25) is 0 Å². The van der Waals surface area contributed by atoms with Gasteiger partial charge in [-0.1, -0.05) is 0 Å². The average molecular weight is 550 g/mol. The minimum atomic E-state index is -9.20. The summed E-state index contributed by atoms with van der Waals surface area (Å²) in [6, 6.07) is 0. The third-order valence-corrected chi connectivity index (χ3v) is 3.56. The van der Waals surface area contributed by atoms with Gasteiger partial charge in [0.05, 0.1) is 0 Å². The van der Waals surface area contributed by atoms with Crippen LogP contribution >= 0.6 is 0 Å². The fourth-order valence-electron chi connectivity index (χ4n) is 1.62. The SMILES string of the molecule is FC(F)=C(F)C(F)(F)C(F)(F)C(F)(F)C(F)(F)C(F)(F)C(F)(F)C(F)(F)C(F)(F)C(F)(F)F. The van der Waals surface area contributed by atoms with Crippen molar-refractivity contribution in [2.24, 2.45) is 0 Å². The van der Waals surface area contributed by atoms with Gasteiger partial charge in [-0.15, -0.1) is 0 Å². The van der Waals surface area contributed by atoms with Crippen molar-refractivity contribution in [3.8, 4) is 0 Å². The Hall–Kier alpha value is -1.80.